The van der Waals surface area contributed by atoms with E-state index in [2.05, 4.69) is 10.3 Å². The van der Waals surface area contributed by atoms with Crippen molar-refractivity contribution in [3.63, 3.8) is 0 Å². The zero-order valence-corrected chi connectivity index (χ0v) is 14.7. The lowest BCUT2D eigenvalue weighted by atomic mass is 10.1. The van der Waals surface area contributed by atoms with E-state index in [9.17, 15) is 9.59 Å². The molecule has 0 radical (unpaired) electrons. The number of rotatable bonds is 6. The Morgan fingerprint density at radius 1 is 1.19 bits per heavy atom. The first-order valence-electron chi connectivity index (χ1n) is 8.08. The maximum absolute atomic E-state index is 11.9. The minimum Gasteiger partial charge on any atom is -0.452 e. The molecule has 0 aliphatic rings. The number of halogens is 1. The van der Waals surface area contributed by atoms with Crippen molar-refractivity contribution < 1.29 is 14.3 Å². The van der Waals surface area contributed by atoms with Crippen LogP contribution in [-0.2, 0) is 16.0 Å². The fraction of sp³-hybridized carbons (Fsp3) is 0.158. The third kappa shape index (κ3) is 4.15. The summed E-state index contributed by atoms with van der Waals surface area (Å²) in [6.45, 7) is 0.0986. The number of aromatic nitrogens is 1. The third-order valence-electron chi connectivity index (χ3n) is 3.96. The first-order chi connectivity index (χ1) is 12.5. The van der Waals surface area contributed by atoms with Gasteiger partial charge in [-0.15, -0.1) is 0 Å². The van der Waals surface area contributed by atoms with Crippen LogP contribution in [0, 0.1) is 0 Å². The van der Waals surface area contributed by atoms with Gasteiger partial charge in [-0.05, 0) is 36.2 Å². The smallest absolute Gasteiger partial charge is 0.338 e. The Hall–Kier alpha value is -2.99. The van der Waals surface area contributed by atoms with Gasteiger partial charge in [-0.3, -0.25) is 4.79 Å². The van der Waals surface area contributed by atoms with Crippen LogP contribution in [0.5, 0.6) is 0 Å². The Morgan fingerprint density at radius 3 is 2.81 bits per heavy atom. The number of para-hydroxylation sites is 1. The molecule has 0 saturated heterocycles. The molecule has 7 heteroatoms. The SMILES string of the molecule is Nc1cc(C(=O)OCC(=O)NCCc2c[nH]c3ccccc23)ccc1Cl. The summed E-state index contributed by atoms with van der Waals surface area (Å²) in [5.41, 5.74) is 8.35. The standard InChI is InChI=1S/C19H18ClN3O3/c20-15-6-5-12(9-16(15)21)19(25)26-11-18(24)22-8-7-13-10-23-17-4-2-1-3-14(13)17/h1-6,9-10,23H,7-8,11,21H2,(H,22,24). The number of nitrogens with one attached hydrogen (secondary N) is 2. The molecule has 0 fully saturated rings. The number of aromatic amines is 1. The normalized spacial score (nSPS) is 10.7. The lowest BCUT2D eigenvalue weighted by molar-refractivity contribution is -0.124. The number of nitrogen functional groups attached to an aromatic ring is 1. The van der Waals surface area contributed by atoms with Crippen molar-refractivity contribution in [3.05, 3.63) is 64.8 Å². The molecule has 3 rings (SSSR count). The van der Waals surface area contributed by atoms with Crippen LogP contribution in [0.4, 0.5) is 5.69 Å². The van der Waals surface area contributed by atoms with Crippen molar-refractivity contribution in [1.29, 1.82) is 0 Å². The van der Waals surface area contributed by atoms with Crippen molar-refractivity contribution >= 4 is 40.1 Å². The van der Waals surface area contributed by atoms with Gasteiger partial charge in [0.25, 0.3) is 5.91 Å². The average molecular weight is 372 g/mol. The van der Waals surface area contributed by atoms with Crippen molar-refractivity contribution in [3.8, 4) is 0 Å². The van der Waals surface area contributed by atoms with Gasteiger partial charge in [0.05, 0.1) is 16.3 Å². The van der Waals surface area contributed by atoms with E-state index in [1.54, 1.807) is 0 Å². The van der Waals surface area contributed by atoms with E-state index in [1.165, 1.54) is 18.2 Å². The summed E-state index contributed by atoms with van der Waals surface area (Å²) >= 11 is 5.81. The number of benzene rings is 2. The zero-order valence-electron chi connectivity index (χ0n) is 13.9. The van der Waals surface area contributed by atoms with Gasteiger partial charge in [-0.1, -0.05) is 29.8 Å². The number of hydrogen-bond acceptors (Lipinski definition) is 4. The number of amides is 1. The molecule has 0 bridgehead atoms. The van der Waals surface area contributed by atoms with Crippen molar-refractivity contribution in [2.45, 2.75) is 6.42 Å². The summed E-state index contributed by atoms with van der Waals surface area (Å²) in [5, 5.41) is 4.23. The second kappa shape index (κ2) is 7.93. The van der Waals surface area contributed by atoms with Gasteiger partial charge < -0.3 is 20.8 Å². The van der Waals surface area contributed by atoms with E-state index >= 15 is 0 Å². The molecule has 134 valence electrons. The highest BCUT2D eigenvalue weighted by Crippen LogP contribution is 2.20. The summed E-state index contributed by atoms with van der Waals surface area (Å²) in [6.07, 6.45) is 2.61. The van der Waals surface area contributed by atoms with Crippen LogP contribution in [0.15, 0.2) is 48.7 Å². The number of H-pyrrole nitrogens is 1. The molecule has 3 aromatic rings. The Morgan fingerprint density at radius 2 is 2.00 bits per heavy atom. The number of fused-ring (bicyclic) bond motifs is 1. The molecule has 6 nitrogen and oxygen atoms in total. The monoisotopic (exact) mass is 371 g/mol. The first kappa shape index (κ1) is 17.8. The number of ether oxygens (including phenoxy) is 1. The maximum atomic E-state index is 11.9. The molecule has 1 heterocycles. The number of hydrogen-bond donors (Lipinski definition) is 3. The van der Waals surface area contributed by atoms with E-state index in [-0.39, 0.29) is 23.8 Å². The molecule has 0 aliphatic heterocycles. The topological polar surface area (TPSA) is 97.2 Å². The number of nitrogens with two attached hydrogens (primary N) is 1. The van der Waals surface area contributed by atoms with E-state index in [1.807, 2.05) is 30.5 Å². The summed E-state index contributed by atoms with van der Waals surface area (Å²) < 4.78 is 4.99. The van der Waals surface area contributed by atoms with Crippen LogP contribution in [0.3, 0.4) is 0 Å². The van der Waals surface area contributed by atoms with Crippen LogP contribution >= 0.6 is 11.6 Å². The van der Waals surface area contributed by atoms with Gasteiger partial charge in [-0.2, -0.15) is 0 Å². The van der Waals surface area contributed by atoms with Crippen molar-refractivity contribution in [2.75, 3.05) is 18.9 Å². The highest BCUT2D eigenvalue weighted by Gasteiger charge is 2.11. The Bertz CT molecular complexity index is 952. The Labute approximate surface area is 155 Å². The second-order valence-electron chi connectivity index (χ2n) is 5.77. The van der Waals surface area contributed by atoms with Gasteiger partial charge in [-0.25, -0.2) is 4.79 Å². The molecule has 1 amide bonds. The molecule has 26 heavy (non-hydrogen) atoms. The van der Waals surface area contributed by atoms with Crippen LogP contribution in [-0.4, -0.2) is 30.0 Å². The third-order valence-corrected chi connectivity index (χ3v) is 4.30. The lowest BCUT2D eigenvalue weighted by Crippen LogP contribution is -2.30. The van der Waals surface area contributed by atoms with Crippen LogP contribution in [0.2, 0.25) is 5.02 Å². The first-order valence-corrected chi connectivity index (χ1v) is 8.46. The Kier molecular flexibility index (Phi) is 5.43. The van der Waals surface area contributed by atoms with Crippen LogP contribution in [0.25, 0.3) is 10.9 Å². The molecule has 0 saturated carbocycles. The number of carbonyl (C=O) groups excluding carboxylic acids is 2. The maximum Gasteiger partial charge on any atom is 0.338 e. The van der Waals surface area contributed by atoms with E-state index < -0.39 is 5.97 Å². The molecule has 2 aromatic carbocycles. The van der Waals surface area contributed by atoms with Crippen LogP contribution < -0.4 is 11.1 Å². The van der Waals surface area contributed by atoms with Gasteiger partial charge in [0.2, 0.25) is 0 Å². The zero-order chi connectivity index (χ0) is 18.5. The molecule has 0 unspecified atom stereocenters. The molecule has 4 N–H and O–H groups in total. The average Bonchev–Trinajstić information content (AvgIpc) is 3.05. The molecule has 0 aliphatic carbocycles. The highest BCUT2D eigenvalue weighted by molar-refractivity contribution is 6.33. The van der Waals surface area contributed by atoms with E-state index in [4.69, 9.17) is 22.1 Å². The molecular formula is C19H18ClN3O3. The van der Waals surface area contributed by atoms with Gasteiger partial charge >= 0.3 is 5.97 Å². The van der Waals surface area contributed by atoms with Crippen molar-refractivity contribution in [1.82, 2.24) is 10.3 Å². The predicted octanol–water partition coefficient (Wildman–Crippen LogP) is 2.92. The van der Waals surface area contributed by atoms with Gasteiger partial charge in [0, 0.05) is 23.6 Å². The largest absolute Gasteiger partial charge is 0.452 e. The highest BCUT2D eigenvalue weighted by atomic mass is 35.5. The van der Waals surface area contributed by atoms with E-state index in [0.717, 1.165) is 16.5 Å². The second-order valence-corrected chi connectivity index (χ2v) is 6.18. The number of anilines is 1. The number of carbonyl (C=O) groups is 2. The fourth-order valence-electron chi connectivity index (χ4n) is 2.61. The molecular weight excluding hydrogens is 354 g/mol. The van der Waals surface area contributed by atoms with E-state index in [0.29, 0.717) is 18.0 Å². The summed E-state index contributed by atoms with van der Waals surface area (Å²) in [5.74, 6) is -0.986. The quantitative estimate of drug-likeness (QED) is 0.458. The summed E-state index contributed by atoms with van der Waals surface area (Å²) in [6, 6.07) is 12.4. The molecule has 1 aromatic heterocycles. The fourth-order valence-corrected chi connectivity index (χ4v) is 2.73. The predicted molar refractivity (Wildman–Crippen MR) is 101 cm³/mol. The van der Waals surface area contributed by atoms with Gasteiger partial charge in [0.1, 0.15) is 0 Å². The lowest BCUT2D eigenvalue weighted by Gasteiger charge is -2.07. The number of esters is 1. The van der Waals surface area contributed by atoms with Crippen molar-refractivity contribution in [2.24, 2.45) is 0 Å². The van der Waals surface area contributed by atoms with Crippen LogP contribution in [0.1, 0.15) is 15.9 Å². The summed E-state index contributed by atoms with van der Waals surface area (Å²) in [7, 11) is 0. The summed E-state index contributed by atoms with van der Waals surface area (Å²) in [4.78, 5) is 27.0. The van der Waals surface area contributed by atoms with Gasteiger partial charge in [0.15, 0.2) is 6.61 Å². The minimum atomic E-state index is -0.625. The molecule has 0 spiro atoms. The Balaban J connectivity index is 1.45. The minimum absolute atomic E-state index is 0.249. The molecule has 0 atom stereocenters.